The number of benzene rings is 2. The van der Waals surface area contributed by atoms with Gasteiger partial charge in [-0.15, -0.1) is 0 Å². The summed E-state index contributed by atoms with van der Waals surface area (Å²) in [5.41, 5.74) is 0.830. The number of carbonyl (C=O) groups excluding carboxylic acids is 2. The maximum atomic E-state index is 12.0. The van der Waals surface area contributed by atoms with E-state index >= 15 is 0 Å². The van der Waals surface area contributed by atoms with Crippen LogP contribution in [0, 0.1) is 0 Å². The highest BCUT2D eigenvalue weighted by atomic mass is 35.5. The molecule has 0 unspecified atom stereocenters. The molecule has 124 valence electrons. The number of halogens is 1. The van der Waals surface area contributed by atoms with Gasteiger partial charge in [0.05, 0.1) is 6.61 Å². The lowest BCUT2D eigenvalue weighted by molar-refractivity contribution is -0.139. The lowest BCUT2D eigenvalue weighted by Crippen LogP contribution is -2.13. The Morgan fingerprint density at radius 3 is 2.42 bits per heavy atom. The van der Waals surface area contributed by atoms with Crippen LogP contribution in [0.25, 0.3) is 6.08 Å². The lowest BCUT2D eigenvalue weighted by Gasteiger charge is -2.08. The predicted octanol–water partition coefficient (Wildman–Crippen LogP) is 5.03. The van der Waals surface area contributed by atoms with Gasteiger partial charge in [-0.1, -0.05) is 41.6 Å². The van der Waals surface area contributed by atoms with Crippen LogP contribution in [0.4, 0.5) is 0 Å². The molecule has 0 spiro atoms. The van der Waals surface area contributed by atoms with Crippen LogP contribution in [-0.2, 0) is 14.3 Å². The number of esters is 1. The molecule has 0 aliphatic heterocycles. The molecule has 0 aliphatic carbocycles. The second kappa shape index (κ2) is 8.71. The fraction of sp³-hybridized carbons (Fsp3) is 0.158. The number of ketones is 1. The second-order valence-electron chi connectivity index (χ2n) is 4.93. The summed E-state index contributed by atoms with van der Waals surface area (Å²) in [5, 5.41) is 0.675. The first-order chi connectivity index (χ1) is 11.5. The van der Waals surface area contributed by atoms with E-state index in [0.717, 1.165) is 15.4 Å². The van der Waals surface area contributed by atoms with Crippen LogP contribution < -0.4 is 0 Å². The van der Waals surface area contributed by atoms with E-state index in [-0.39, 0.29) is 18.0 Å². The van der Waals surface area contributed by atoms with E-state index in [2.05, 4.69) is 0 Å². The van der Waals surface area contributed by atoms with Gasteiger partial charge in [-0.3, -0.25) is 4.79 Å². The topological polar surface area (TPSA) is 43.4 Å². The number of Topliss-reactive ketones (excluding diaryl/α,β-unsaturated/α-hetero) is 1. The Morgan fingerprint density at radius 1 is 1.12 bits per heavy atom. The standard InChI is InChI=1S/C19H17ClO3S/c1-3-23-19(22)17(13(2)21)12-14-6-4-5-7-18(14)24-16-10-8-15(20)9-11-16/h4-12H,3H2,1-2H3. The molecular formula is C19H17ClO3S. The Kier molecular flexibility index (Phi) is 6.64. The molecule has 0 heterocycles. The van der Waals surface area contributed by atoms with Crippen molar-refractivity contribution in [2.24, 2.45) is 0 Å². The van der Waals surface area contributed by atoms with Crippen LogP contribution >= 0.6 is 23.4 Å². The van der Waals surface area contributed by atoms with E-state index in [9.17, 15) is 9.59 Å². The highest BCUT2D eigenvalue weighted by Gasteiger charge is 2.16. The zero-order valence-corrected chi connectivity index (χ0v) is 15.0. The van der Waals surface area contributed by atoms with Crippen LogP contribution in [-0.4, -0.2) is 18.4 Å². The number of hydrogen-bond donors (Lipinski definition) is 0. The SMILES string of the molecule is CCOC(=O)C(=Cc1ccccc1Sc1ccc(Cl)cc1)C(C)=O. The highest BCUT2D eigenvalue weighted by molar-refractivity contribution is 7.99. The minimum absolute atomic E-state index is 0.0426. The van der Waals surface area contributed by atoms with Crippen molar-refractivity contribution in [1.29, 1.82) is 0 Å². The minimum Gasteiger partial charge on any atom is -0.462 e. The largest absolute Gasteiger partial charge is 0.462 e. The quantitative estimate of drug-likeness (QED) is 0.314. The average molecular weight is 361 g/mol. The molecule has 0 radical (unpaired) electrons. The average Bonchev–Trinajstić information content (AvgIpc) is 2.56. The molecule has 0 bridgehead atoms. The Labute approximate surface area is 150 Å². The number of ether oxygens (including phenoxy) is 1. The van der Waals surface area contributed by atoms with Crippen LogP contribution in [0.15, 0.2) is 63.9 Å². The van der Waals surface area contributed by atoms with Gasteiger partial charge in [0.15, 0.2) is 5.78 Å². The zero-order chi connectivity index (χ0) is 17.5. The van der Waals surface area contributed by atoms with Crippen molar-refractivity contribution in [3.05, 3.63) is 64.7 Å². The molecule has 0 fully saturated rings. The predicted molar refractivity (Wildman–Crippen MR) is 97.3 cm³/mol. The lowest BCUT2D eigenvalue weighted by atomic mass is 10.1. The van der Waals surface area contributed by atoms with Crippen LogP contribution in [0.3, 0.4) is 0 Å². The van der Waals surface area contributed by atoms with Crippen molar-refractivity contribution < 1.29 is 14.3 Å². The normalized spacial score (nSPS) is 11.2. The summed E-state index contributed by atoms with van der Waals surface area (Å²) in [6.07, 6.45) is 1.58. The Hall–Kier alpha value is -2.04. The molecule has 0 saturated heterocycles. The highest BCUT2D eigenvalue weighted by Crippen LogP contribution is 2.32. The fourth-order valence-corrected chi connectivity index (χ4v) is 3.03. The van der Waals surface area contributed by atoms with Crippen molar-refractivity contribution >= 4 is 41.2 Å². The van der Waals surface area contributed by atoms with Crippen molar-refractivity contribution in [2.45, 2.75) is 23.6 Å². The molecule has 0 atom stereocenters. The molecule has 0 saturated carbocycles. The third-order valence-corrected chi connectivity index (χ3v) is 4.49. The summed E-state index contributed by atoms with van der Waals surface area (Å²) >= 11 is 7.44. The first-order valence-corrected chi connectivity index (χ1v) is 8.63. The molecule has 0 aromatic heterocycles. The summed E-state index contributed by atoms with van der Waals surface area (Å²) in [6, 6.07) is 15.1. The molecule has 2 aromatic rings. The van der Waals surface area contributed by atoms with Gasteiger partial charge < -0.3 is 4.74 Å². The monoisotopic (exact) mass is 360 g/mol. The van der Waals surface area contributed by atoms with E-state index in [0.29, 0.717) is 5.02 Å². The number of hydrogen-bond acceptors (Lipinski definition) is 4. The fourth-order valence-electron chi connectivity index (χ4n) is 1.99. The summed E-state index contributed by atoms with van der Waals surface area (Å²) in [6.45, 7) is 3.29. The van der Waals surface area contributed by atoms with Crippen molar-refractivity contribution in [2.75, 3.05) is 6.61 Å². The molecule has 0 amide bonds. The van der Waals surface area contributed by atoms with Crippen molar-refractivity contribution in [3.8, 4) is 0 Å². The van der Waals surface area contributed by atoms with Crippen molar-refractivity contribution in [3.63, 3.8) is 0 Å². The van der Waals surface area contributed by atoms with Crippen LogP contribution in [0.2, 0.25) is 5.02 Å². The zero-order valence-electron chi connectivity index (χ0n) is 13.4. The summed E-state index contributed by atoms with van der Waals surface area (Å²) in [4.78, 5) is 25.7. The summed E-state index contributed by atoms with van der Waals surface area (Å²) in [5.74, 6) is -0.920. The van der Waals surface area contributed by atoms with Gasteiger partial charge in [-0.05, 0) is 55.8 Å². The molecule has 0 aliphatic rings. The van der Waals surface area contributed by atoms with E-state index in [1.165, 1.54) is 18.7 Å². The number of carbonyl (C=O) groups is 2. The second-order valence-corrected chi connectivity index (χ2v) is 6.48. The van der Waals surface area contributed by atoms with Crippen LogP contribution in [0.1, 0.15) is 19.4 Å². The minimum atomic E-state index is -0.601. The Balaban J connectivity index is 2.36. The maximum Gasteiger partial charge on any atom is 0.341 e. The Morgan fingerprint density at radius 2 is 1.79 bits per heavy atom. The molecule has 2 aromatic carbocycles. The van der Waals surface area contributed by atoms with E-state index in [4.69, 9.17) is 16.3 Å². The first kappa shape index (κ1) is 18.3. The van der Waals surface area contributed by atoms with Gasteiger partial charge in [0, 0.05) is 14.8 Å². The number of rotatable bonds is 6. The van der Waals surface area contributed by atoms with E-state index < -0.39 is 5.97 Å². The van der Waals surface area contributed by atoms with Gasteiger partial charge in [-0.2, -0.15) is 0 Å². The third-order valence-electron chi connectivity index (χ3n) is 3.13. The Bertz CT molecular complexity index is 766. The molecule has 5 heteroatoms. The van der Waals surface area contributed by atoms with E-state index in [1.807, 2.05) is 48.5 Å². The molecule has 0 N–H and O–H groups in total. The first-order valence-electron chi connectivity index (χ1n) is 7.43. The van der Waals surface area contributed by atoms with Gasteiger partial charge in [0.1, 0.15) is 5.57 Å². The molecular weight excluding hydrogens is 344 g/mol. The van der Waals surface area contributed by atoms with Gasteiger partial charge >= 0.3 is 5.97 Å². The van der Waals surface area contributed by atoms with Crippen molar-refractivity contribution in [1.82, 2.24) is 0 Å². The maximum absolute atomic E-state index is 12.0. The molecule has 24 heavy (non-hydrogen) atoms. The molecule has 2 rings (SSSR count). The summed E-state index contributed by atoms with van der Waals surface area (Å²) < 4.78 is 4.96. The third kappa shape index (κ3) is 4.98. The smallest absolute Gasteiger partial charge is 0.341 e. The molecule has 3 nitrogen and oxygen atoms in total. The van der Waals surface area contributed by atoms with Gasteiger partial charge in [-0.25, -0.2) is 4.79 Å². The van der Waals surface area contributed by atoms with Gasteiger partial charge in [0.2, 0.25) is 0 Å². The van der Waals surface area contributed by atoms with Gasteiger partial charge in [0.25, 0.3) is 0 Å². The summed E-state index contributed by atoms with van der Waals surface area (Å²) in [7, 11) is 0. The van der Waals surface area contributed by atoms with E-state index in [1.54, 1.807) is 13.0 Å². The van der Waals surface area contributed by atoms with Crippen LogP contribution in [0.5, 0.6) is 0 Å².